The highest BCUT2D eigenvalue weighted by molar-refractivity contribution is 7.80. The molecule has 0 bridgehead atoms. The summed E-state index contributed by atoms with van der Waals surface area (Å²) in [5, 5.41) is 4.51. The van der Waals surface area contributed by atoms with Crippen molar-refractivity contribution in [3.05, 3.63) is 53.3 Å². The smallest absolute Gasteiger partial charge is 0.173 e. The van der Waals surface area contributed by atoms with E-state index >= 15 is 0 Å². The first-order valence-electron chi connectivity index (χ1n) is 7.87. The van der Waals surface area contributed by atoms with Crippen LogP contribution < -0.4 is 15.0 Å². The number of nitrogens with one attached hydrogen (secondary N) is 2. The predicted molar refractivity (Wildman–Crippen MR) is 103 cm³/mol. The highest BCUT2D eigenvalue weighted by Crippen LogP contribution is 2.27. The van der Waals surface area contributed by atoms with Crippen LogP contribution >= 0.6 is 23.8 Å². The number of pyridine rings is 1. The number of H-pyrrole nitrogens is 1. The Balaban J connectivity index is 2.02. The van der Waals surface area contributed by atoms with Crippen molar-refractivity contribution in [2.75, 3.05) is 19.0 Å². The Kier molecular flexibility index (Phi) is 6.82. The van der Waals surface area contributed by atoms with Crippen LogP contribution in [-0.4, -0.2) is 29.7 Å². The van der Waals surface area contributed by atoms with Gasteiger partial charge in [-0.2, -0.15) is 0 Å². The van der Waals surface area contributed by atoms with Crippen molar-refractivity contribution in [2.24, 2.45) is 0 Å². The van der Waals surface area contributed by atoms with Crippen molar-refractivity contribution >= 4 is 34.6 Å². The minimum Gasteiger partial charge on any atom is -0.495 e. The molecule has 1 aromatic heterocycles. The van der Waals surface area contributed by atoms with E-state index in [0.717, 1.165) is 18.7 Å². The van der Waals surface area contributed by atoms with Crippen molar-refractivity contribution in [1.29, 1.82) is 0 Å². The van der Waals surface area contributed by atoms with Gasteiger partial charge in [-0.05, 0) is 56.2 Å². The lowest BCUT2D eigenvalue weighted by Crippen LogP contribution is -2.41. The molecule has 1 aromatic carbocycles. The second-order valence-corrected chi connectivity index (χ2v) is 6.52. The monoisotopic (exact) mass is 364 g/mol. The zero-order valence-corrected chi connectivity index (χ0v) is 15.7. The van der Waals surface area contributed by atoms with E-state index in [2.05, 4.69) is 41.2 Å². The van der Waals surface area contributed by atoms with Gasteiger partial charge in [-0.15, -0.1) is 0 Å². The van der Waals surface area contributed by atoms with Gasteiger partial charge in [0.15, 0.2) is 17.5 Å². The standard InChI is InChI=1S/C18H22ClN3OS/c1-13(2)22(11-8-14-6-9-20-10-7-14)18(24)21-15-4-5-17(23-3)16(19)12-15/h4-7,9-10,12-13H,8,11H2,1-3H3,(H,21,24)/p+1. The van der Waals surface area contributed by atoms with Crippen molar-refractivity contribution in [3.8, 4) is 5.75 Å². The summed E-state index contributed by atoms with van der Waals surface area (Å²) >= 11 is 11.8. The number of aromatic amines is 1. The minimum atomic E-state index is 0.300. The summed E-state index contributed by atoms with van der Waals surface area (Å²) in [5.74, 6) is 0.648. The van der Waals surface area contributed by atoms with E-state index in [1.807, 2.05) is 30.6 Å². The lowest BCUT2D eigenvalue weighted by atomic mass is 10.2. The normalized spacial score (nSPS) is 10.5. The van der Waals surface area contributed by atoms with Crippen molar-refractivity contribution in [1.82, 2.24) is 4.90 Å². The fourth-order valence-electron chi connectivity index (χ4n) is 2.37. The van der Waals surface area contributed by atoms with Crippen LogP contribution in [0.25, 0.3) is 0 Å². The van der Waals surface area contributed by atoms with Crippen LogP contribution in [0, 0.1) is 0 Å². The molecule has 0 aliphatic rings. The maximum absolute atomic E-state index is 6.17. The maximum Gasteiger partial charge on any atom is 0.173 e. The number of anilines is 1. The number of rotatable bonds is 6. The highest BCUT2D eigenvalue weighted by atomic mass is 35.5. The third-order valence-corrected chi connectivity index (χ3v) is 4.35. The topological polar surface area (TPSA) is 38.6 Å². The molecule has 2 rings (SSSR count). The number of thiocarbonyl (C=S) groups is 1. The molecule has 0 saturated carbocycles. The summed E-state index contributed by atoms with van der Waals surface area (Å²) in [4.78, 5) is 5.21. The number of aromatic nitrogens is 1. The van der Waals surface area contributed by atoms with Gasteiger partial charge in [0.1, 0.15) is 5.75 Å². The first-order valence-corrected chi connectivity index (χ1v) is 8.66. The average molecular weight is 365 g/mol. The first kappa shape index (κ1) is 18.5. The number of nitrogens with zero attached hydrogens (tertiary/aromatic N) is 1. The Bertz CT molecular complexity index is 679. The molecule has 0 fully saturated rings. The van der Waals surface area contributed by atoms with Gasteiger partial charge in [0.25, 0.3) is 0 Å². The average Bonchev–Trinajstić information content (AvgIpc) is 2.56. The number of ether oxygens (including phenoxy) is 1. The SMILES string of the molecule is COc1ccc(NC(=S)N(CCc2cc[nH+]cc2)C(C)C)cc1Cl. The van der Waals surface area contributed by atoms with Gasteiger partial charge < -0.3 is 15.0 Å². The fourth-order valence-corrected chi connectivity index (χ4v) is 3.05. The Labute approximate surface area is 153 Å². The van der Waals surface area contributed by atoms with E-state index in [1.54, 1.807) is 7.11 Å². The summed E-state index contributed by atoms with van der Waals surface area (Å²) in [6.45, 7) is 5.11. The Hall–Kier alpha value is -1.85. The molecule has 0 atom stereocenters. The molecule has 0 radical (unpaired) electrons. The Morgan fingerprint density at radius 3 is 2.58 bits per heavy atom. The lowest BCUT2D eigenvalue weighted by molar-refractivity contribution is -0.378. The molecule has 0 unspecified atom stereocenters. The number of methoxy groups -OCH3 is 1. The molecule has 0 saturated heterocycles. The van der Waals surface area contributed by atoms with Crippen LogP contribution in [0.3, 0.4) is 0 Å². The quantitative estimate of drug-likeness (QED) is 0.791. The molecule has 6 heteroatoms. The van der Waals surface area contributed by atoms with Gasteiger partial charge >= 0.3 is 0 Å². The number of hydrogen-bond donors (Lipinski definition) is 1. The molecule has 1 heterocycles. The van der Waals surface area contributed by atoms with Gasteiger partial charge in [0.05, 0.1) is 12.1 Å². The summed E-state index contributed by atoms with van der Waals surface area (Å²) in [7, 11) is 1.60. The fraction of sp³-hybridized carbons (Fsp3) is 0.333. The molecule has 0 aliphatic heterocycles. The second kappa shape index (κ2) is 8.85. The van der Waals surface area contributed by atoms with E-state index < -0.39 is 0 Å². The third kappa shape index (κ3) is 5.08. The lowest BCUT2D eigenvalue weighted by Gasteiger charge is -2.29. The highest BCUT2D eigenvalue weighted by Gasteiger charge is 2.14. The van der Waals surface area contributed by atoms with E-state index in [1.165, 1.54) is 5.56 Å². The Morgan fingerprint density at radius 1 is 1.29 bits per heavy atom. The summed E-state index contributed by atoms with van der Waals surface area (Å²) in [6.07, 6.45) is 4.80. The molecule has 4 nitrogen and oxygen atoms in total. The van der Waals surface area contributed by atoms with E-state index in [9.17, 15) is 0 Å². The van der Waals surface area contributed by atoms with E-state index in [4.69, 9.17) is 28.6 Å². The zero-order valence-electron chi connectivity index (χ0n) is 14.2. The number of halogens is 1. The Morgan fingerprint density at radius 2 is 2.00 bits per heavy atom. The largest absolute Gasteiger partial charge is 0.495 e. The number of hydrogen-bond acceptors (Lipinski definition) is 2. The summed E-state index contributed by atoms with van der Waals surface area (Å²) < 4.78 is 5.17. The molecule has 0 amide bonds. The van der Waals surface area contributed by atoms with Gasteiger partial charge in [-0.3, -0.25) is 0 Å². The van der Waals surface area contributed by atoms with Crippen LogP contribution in [0.4, 0.5) is 5.69 Å². The van der Waals surface area contributed by atoms with Crippen LogP contribution in [0.15, 0.2) is 42.7 Å². The van der Waals surface area contributed by atoms with E-state index in [-0.39, 0.29) is 0 Å². The predicted octanol–water partition coefficient (Wildman–Crippen LogP) is 3.81. The van der Waals surface area contributed by atoms with Gasteiger partial charge in [0, 0.05) is 30.4 Å². The van der Waals surface area contributed by atoms with Crippen molar-refractivity contribution < 1.29 is 9.72 Å². The van der Waals surface area contributed by atoms with Crippen molar-refractivity contribution in [3.63, 3.8) is 0 Å². The maximum atomic E-state index is 6.17. The molecular formula is C18H23ClN3OS+. The third-order valence-electron chi connectivity index (χ3n) is 3.72. The van der Waals surface area contributed by atoms with Crippen LogP contribution in [0.1, 0.15) is 19.4 Å². The van der Waals surface area contributed by atoms with Gasteiger partial charge in [-0.25, -0.2) is 4.98 Å². The van der Waals surface area contributed by atoms with Crippen LogP contribution in [0.2, 0.25) is 5.02 Å². The molecule has 2 aromatic rings. The summed E-state index contributed by atoms with van der Waals surface area (Å²) in [6, 6.07) is 10.0. The van der Waals surface area contributed by atoms with E-state index in [0.29, 0.717) is 21.9 Å². The number of benzene rings is 1. The molecule has 0 spiro atoms. The van der Waals surface area contributed by atoms with Crippen LogP contribution in [0.5, 0.6) is 5.75 Å². The molecular weight excluding hydrogens is 342 g/mol. The molecule has 128 valence electrons. The second-order valence-electron chi connectivity index (χ2n) is 5.72. The summed E-state index contributed by atoms with van der Waals surface area (Å²) in [5.41, 5.74) is 2.13. The first-order chi connectivity index (χ1) is 11.5. The molecule has 24 heavy (non-hydrogen) atoms. The van der Waals surface area contributed by atoms with Gasteiger partial charge in [0.2, 0.25) is 0 Å². The van der Waals surface area contributed by atoms with Crippen LogP contribution in [-0.2, 0) is 6.42 Å². The van der Waals surface area contributed by atoms with Crippen molar-refractivity contribution in [2.45, 2.75) is 26.3 Å². The molecule has 2 N–H and O–H groups in total. The minimum absolute atomic E-state index is 0.300. The zero-order chi connectivity index (χ0) is 17.5. The molecule has 0 aliphatic carbocycles. The van der Waals surface area contributed by atoms with Gasteiger partial charge in [-0.1, -0.05) is 11.6 Å².